The summed E-state index contributed by atoms with van der Waals surface area (Å²) < 4.78 is 1.64. The van der Waals surface area contributed by atoms with Gasteiger partial charge >= 0.3 is 0 Å². The summed E-state index contributed by atoms with van der Waals surface area (Å²) in [5.41, 5.74) is 2.13. The highest BCUT2D eigenvalue weighted by Crippen LogP contribution is 2.56. The third-order valence-electron chi connectivity index (χ3n) is 5.71. The minimum Gasteiger partial charge on any atom is -0.515 e. The van der Waals surface area contributed by atoms with Crippen molar-refractivity contribution < 1.29 is 9.90 Å². The maximum atomic E-state index is 12.6. The molecule has 0 bridgehead atoms. The zero-order valence-electron chi connectivity index (χ0n) is 13.5. The van der Waals surface area contributed by atoms with E-state index in [1.807, 2.05) is 13.8 Å². The molecule has 0 aromatic carbocycles. The van der Waals surface area contributed by atoms with Crippen LogP contribution in [0.5, 0.6) is 0 Å². The maximum Gasteiger partial charge on any atom is 0.167 e. The number of carbonyl (C=O) groups is 1. The van der Waals surface area contributed by atoms with Crippen LogP contribution in [0.3, 0.4) is 0 Å². The average molecular weight is 299 g/mol. The van der Waals surface area contributed by atoms with Gasteiger partial charge in [0.1, 0.15) is 11.8 Å². The molecule has 116 valence electrons. The number of aliphatic hydroxyl groups excluding tert-OH is 1. The fourth-order valence-electron chi connectivity index (χ4n) is 4.69. The molecule has 0 unspecified atom stereocenters. The van der Waals surface area contributed by atoms with E-state index in [1.54, 1.807) is 11.7 Å². The van der Waals surface area contributed by atoms with E-state index >= 15 is 0 Å². The summed E-state index contributed by atoms with van der Waals surface area (Å²) in [4.78, 5) is 12.6. The fraction of sp³-hybridized carbons (Fsp3) is 0.588. The Morgan fingerprint density at radius 2 is 2.14 bits per heavy atom. The number of rotatable bonds is 0. The van der Waals surface area contributed by atoms with Crippen LogP contribution in [-0.2, 0) is 23.7 Å². The highest BCUT2D eigenvalue weighted by Gasteiger charge is 2.57. The van der Waals surface area contributed by atoms with Gasteiger partial charge < -0.3 is 5.11 Å². The number of ketones is 1. The lowest BCUT2D eigenvalue weighted by Gasteiger charge is -2.52. The number of carbonyl (C=O) groups excluding carboxylic acids is 1. The number of aryl methyl sites for hydroxylation is 1. The Labute approximate surface area is 130 Å². The molecule has 2 atom stereocenters. The zero-order valence-corrected chi connectivity index (χ0v) is 13.5. The second-order valence-corrected chi connectivity index (χ2v) is 7.30. The molecule has 0 spiro atoms. The van der Waals surface area contributed by atoms with E-state index in [4.69, 9.17) is 0 Å². The molecule has 5 heteroatoms. The molecular formula is C17H21N3O2. The molecule has 5 nitrogen and oxygen atoms in total. The fourth-order valence-corrected chi connectivity index (χ4v) is 4.69. The van der Waals surface area contributed by atoms with E-state index in [0.717, 1.165) is 30.4 Å². The molecular weight excluding hydrogens is 278 g/mol. The van der Waals surface area contributed by atoms with Crippen molar-refractivity contribution in [3.8, 4) is 6.07 Å². The van der Waals surface area contributed by atoms with Crippen molar-refractivity contribution >= 4 is 5.78 Å². The third kappa shape index (κ3) is 1.64. The summed E-state index contributed by atoms with van der Waals surface area (Å²) in [5.74, 6) is 0.183. The summed E-state index contributed by atoms with van der Waals surface area (Å²) in [5, 5.41) is 23.5. The lowest BCUT2D eigenvalue weighted by Crippen LogP contribution is -2.53. The van der Waals surface area contributed by atoms with Gasteiger partial charge in [0.25, 0.3) is 0 Å². The van der Waals surface area contributed by atoms with Gasteiger partial charge in [-0.2, -0.15) is 10.4 Å². The SMILES string of the molecule is Cn1nc2c(c1C#N)CC[C@H]1C(C)(C)C(=O)/C(=C\O)C[C@]21C. The minimum atomic E-state index is -0.538. The Kier molecular flexibility index (Phi) is 3.00. The molecule has 1 aromatic rings. The van der Waals surface area contributed by atoms with Gasteiger partial charge in [-0.3, -0.25) is 9.48 Å². The van der Waals surface area contributed by atoms with E-state index in [-0.39, 0.29) is 17.1 Å². The van der Waals surface area contributed by atoms with Crippen LogP contribution in [-0.4, -0.2) is 20.7 Å². The van der Waals surface area contributed by atoms with Gasteiger partial charge in [0.05, 0.1) is 12.0 Å². The summed E-state index contributed by atoms with van der Waals surface area (Å²) in [6.07, 6.45) is 3.07. The monoisotopic (exact) mass is 299 g/mol. The zero-order chi connectivity index (χ0) is 16.3. The van der Waals surface area contributed by atoms with Gasteiger partial charge in [-0.1, -0.05) is 20.8 Å². The van der Waals surface area contributed by atoms with Gasteiger partial charge in [-0.15, -0.1) is 0 Å². The molecule has 3 rings (SSSR count). The standard InChI is InChI=1S/C17H21N3O2/c1-16(2)13-6-5-11-12(8-18)20(4)19-14(11)17(13,3)7-10(9-21)15(16)22/h9,13,21H,5-7H2,1-4H3/b10-9-/t13-,17-/m0/s1. The first-order chi connectivity index (χ1) is 10.3. The van der Waals surface area contributed by atoms with E-state index in [2.05, 4.69) is 18.1 Å². The Hall–Kier alpha value is -2.09. The molecule has 2 aliphatic rings. The lowest BCUT2D eigenvalue weighted by molar-refractivity contribution is -0.131. The first-order valence-electron chi connectivity index (χ1n) is 7.62. The van der Waals surface area contributed by atoms with Crippen molar-refractivity contribution in [2.75, 3.05) is 0 Å². The molecule has 22 heavy (non-hydrogen) atoms. The number of fused-ring (bicyclic) bond motifs is 3. The third-order valence-corrected chi connectivity index (χ3v) is 5.71. The predicted molar refractivity (Wildman–Crippen MR) is 81.2 cm³/mol. The Morgan fingerprint density at radius 1 is 1.45 bits per heavy atom. The smallest absolute Gasteiger partial charge is 0.167 e. The summed E-state index contributed by atoms with van der Waals surface area (Å²) in [7, 11) is 1.79. The Bertz CT molecular complexity index is 736. The Balaban J connectivity index is 2.23. The lowest BCUT2D eigenvalue weighted by atomic mass is 9.50. The second-order valence-electron chi connectivity index (χ2n) is 7.30. The highest BCUT2D eigenvalue weighted by atomic mass is 16.2. The van der Waals surface area contributed by atoms with Gasteiger partial charge in [-0.05, 0) is 25.2 Å². The van der Waals surface area contributed by atoms with Crippen LogP contribution in [0.4, 0.5) is 0 Å². The van der Waals surface area contributed by atoms with Gasteiger partial charge in [0.2, 0.25) is 0 Å². The number of hydrogen-bond donors (Lipinski definition) is 1. The van der Waals surface area contributed by atoms with Gasteiger partial charge in [-0.25, -0.2) is 0 Å². The molecule has 1 aromatic heterocycles. The first-order valence-corrected chi connectivity index (χ1v) is 7.62. The molecule has 0 amide bonds. The molecule has 0 radical (unpaired) electrons. The van der Waals surface area contributed by atoms with Crippen LogP contribution in [0.1, 0.15) is 50.6 Å². The number of hydrogen-bond acceptors (Lipinski definition) is 4. The van der Waals surface area contributed by atoms with Crippen LogP contribution in [0.2, 0.25) is 0 Å². The molecule has 0 saturated heterocycles. The Morgan fingerprint density at radius 3 is 2.73 bits per heavy atom. The van der Waals surface area contributed by atoms with Crippen molar-refractivity contribution in [1.82, 2.24) is 9.78 Å². The van der Waals surface area contributed by atoms with Crippen LogP contribution < -0.4 is 0 Å². The van der Waals surface area contributed by atoms with Crippen LogP contribution in [0.15, 0.2) is 11.8 Å². The predicted octanol–water partition coefficient (Wildman–Crippen LogP) is 2.55. The number of aromatic nitrogens is 2. The van der Waals surface area contributed by atoms with Crippen molar-refractivity contribution in [2.45, 2.75) is 45.4 Å². The quantitative estimate of drug-likeness (QED) is 0.590. The minimum absolute atomic E-state index is 0.0253. The summed E-state index contributed by atoms with van der Waals surface area (Å²) >= 11 is 0. The van der Waals surface area contributed by atoms with E-state index in [1.165, 1.54) is 0 Å². The largest absolute Gasteiger partial charge is 0.515 e. The molecule has 2 aliphatic carbocycles. The molecule has 1 fully saturated rings. The highest BCUT2D eigenvalue weighted by molar-refractivity contribution is 6.01. The van der Waals surface area contributed by atoms with E-state index < -0.39 is 5.41 Å². The van der Waals surface area contributed by atoms with Gasteiger partial charge in [0.15, 0.2) is 5.78 Å². The van der Waals surface area contributed by atoms with E-state index in [0.29, 0.717) is 17.7 Å². The number of allylic oxidation sites excluding steroid dienone is 1. The second kappa shape index (κ2) is 4.45. The number of nitrogens with zero attached hydrogens (tertiary/aromatic N) is 3. The first kappa shape index (κ1) is 14.8. The normalized spacial score (nSPS) is 31.5. The van der Waals surface area contributed by atoms with Crippen molar-refractivity contribution in [1.29, 1.82) is 5.26 Å². The number of Topliss-reactive ketones (excluding diaryl/α,β-unsaturated/α-hetero) is 1. The average Bonchev–Trinajstić information content (AvgIpc) is 2.80. The number of aliphatic hydroxyl groups is 1. The topological polar surface area (TPSA) is 78.9 Å². The maximum absolute atomic E-state index is 12.6. The molecule has 1 heterocycles. The van der Waals surface area contributed by atoms with Gasteiger partial charge in [0, 0.05) is 29.0 Å². The van der Waals surface area contributed by atoms with Crippen molar-refractivity contribution in [2.24, 2.45) is 18.4 Å². The van der Waals surface area contributed by atoms with Crippen molar-refractivity contribution in [3.05, 3.63) is 28.8 Å². The summed E-state index contributed by atoms with van der Waals surface area (Å²) in [6.45, 7) is 6.03. The molecule has 1 N–H and O–H groups in total. The van der Waals surface area contributed by atoms with Crippen LogP contribution in [0.25, 0.3) is 0 Å². The number of nitriles is 1. The summed E-state index contributed by atoms with van der Waals surface area (Å²) in [6, 6.07) is 2.24. The van der Waals surface area contributed by atoms with Crippen LogP contribution in [0, 0.1) is 22.7 Å². The molecule has 1 saturated carbocycles. The molecule has 0 aliphatic heterocycles. The van der Waals surface area contributed by atoms with Crippen molar-refractivity contribution in [3.63, 3.8) is 0 Å². The van der Waals surface area contributed by atoms with E-state index in [9.17, 15) is 15.2 Å². The van der Waals surface area contributed by atoms with Crippen LogP contribution >= 0.6 is 0 Å².